The Morgan fingerprint density at radius 3 is 0.919 bits per heavy atom. The zero-order chi connectivity index (χ0) is 74.9. The van der Waals surface area contributed by atoms with Crippen LogP contribution in [0.4, 0.5) is 0 Å². The van der Waals surface area contributed by atoms with Crippen molar-refractivity contribution in [2.45, 2.75) is 84.5 Å². The first-order chi connectivity index (χ1) is 53.3. The van der Waals surface area contributed by atoms with Crippen LogP contribution in [0.5, 0.6) is 5.75 Å². The van der Waals surface area contributed by atoms with Crippen LogP contribution in [0.25, 0.3) is 166 Å². The minimum Gasteiger partial charge on any atom is -0.537 e. The van der Waals surface area contributed by atoms with Gasteiger partial charge in [0.05, 0.1) is 0 Å². The van der Waals surface area contributed by atoms with Crippen LogP contribution in [0.1, 0.15) is 107 Å². The maximum atomic E-state index is 8.78. The zero-order valence-corrected chi connectivity index (χ0v) is 65.4. The van der Waals surface area contributed by atoms with Crippen molar-refractivity contribution in [1.82, 2.24) is 0 Å². The largest absolute Gasteiger partial charge is 0.569 e. The highest BCUT2D eigenvalue weighted by Crippen LogP contribution is 2.62. The summed E-state index contributed by atoms with van der Waals surface area (Å²) in [5.74, 6) is 0.572. The maximum absolute atomic E-state index is 8.78. The molecule has 1 radical (unpaired) electrons. The van der Waals surface area contributed by atoms with Crippen molar-refractivity contribution < 1.29 is 22.9 Å². The van der Waals surface area contributed by atoms with Crippen LogP contribution >= 0.6 is 31.9 Å². The lowest BCUT2D eigenvalue weighted by Gasteiger charge is -2.26. The van der Waals surface area contributed by atoms with Crippen LogP contribution in [0.15, 0.2) is 319 Å². The second-order valence-electron chi connectivity index (χ2n) is 32.1. The number of hydrogen-bond acceptors (Lipinski definition) is 5. The van der Waals surface area contributed by atoms with Crippen molar-refractivity contribution in [1.29, 1.82) is 0 Å². The predicted octanol–water partition coefficient (Wildman–Crippen LogP) is 29.4. The fourth-order valence-electron chi connectivity index (χ4n) is 18.8. The molecule has 4 aliphatic carbocycles. The molecule has 4 aliphatic rings. The van der Waals surface area contributed by atoms with Crippen LogP contribution in [-0.2, 0) is 21.7 Å². The molecular weight excluding hydrogens is 1490 g/mol. The molecule has 111 heavy (non-hydrogen) atoms. The molecule has 1 N–H and O–H groups in total. The SMILES string of the molecule is C.CC1(C)c2cc(-c3ccc4oc5ccc(-c6ccccc6)cc5c4c3)ccc2-c2c1ccc1c2C(C)(C)c2cc(-c3ccc4oc5ccc(-c6ccccc6)cc5c4c3)ccc2-1.CC1(C)c2cc(Br)ccc2-c2c1ccc1c2C(C)(C)c2cc(Br)ccc2-1.O[B]Oc1ccc2oc3ccc(-c4ccccc4)cc3c2c1. The summed E-state index contributed by atoms with van der Waals surface area (Å²) in [7, 11) is 0.679. The molecule has 0 bridgehead atoms. The molecule has 0 unspecified atom stereocenters. The molecule has 3 heterocycles. The number of halogens is 2. The Hall–Kier alpha value is -11.5. The summed E-state index contributed by atoms with van der Waals surface area (Å²) in [6.07, 6.45) is 0. The van der Waals surface area contributed by atoms with Crippen molar-refractivity contribution in [3.63, 3.8) is 0 Å². The average molecular weight is 1570 g/mol. The van der Waals surface area contributed by atoms with E-state index < -0.39 is 0 Å². The Balaban J connectivity index is 0.000000138. The fourth-order valence-corrected chi connectivity index (χ4v) is 19.5. The molecule has 22 rings (SSSR count). The molecule has 18 aromatic rings. The number of rotatable bonds is 7. The lowest BCUT2D eigenvalue weighted by Crippen LogP contribution is -2.18. The van der Waals surface area contributed by atoms with E-state index in [2.05, 4.69) is 342 Å². The van der Waals surface area contributed by atoms with E-state index in [0.717, 1.165) is 85.9 Å². The van der Waals surface area contributed by atoms with Crippen molar-refractivity contribution in [2.24, 2.45) is 0 Å². The highest BCUT2D eigenvalue weighted by molar-refractivity contribution is 9.10. The highest BCUT2D eigenvalue weighted by atomic mass is 79.9. The number of benzene rings is 15. The van der Waals surface area contributed by atoms with Crippen molar-refractivity contribution >= 4 is 105 Å². The van der Waals surface area contributed by atoms with E-state index in [9.17, 15) is 0 Å². The molecule has 0 saturated carbocycles. The minimum absolute atomic E-state index is 0. The summed E-state index contributed by atoms with van der Waals surface area (Å²) in [5.41, 5.74) is 39.3. The third-order valence-electron chi connectivity index (χ3n) is 24.4. The molecule has 3 aromatic heterocycles. The van der Waals surface area contributed by atoms with Gasteiger partial charge < -0.3 is 22.9 Å². The summed E-state index contributed by atoms with van der Waals surface area (Å²) < 4.78 is 25.9. The van der Waals surface area contributed by atoms with Crippen LogP contribution < -0.4 is 4.65 Å². The van der Waals surface area contributed by atoms with Crippen LogP contribution in [0.3, 0.4) is 0 Å². The third kappa shape index (κ3) is 11.1. The van der Waals surface area contributed by atoms with Gasteiger partial charge in [-0.25, -0.2) is 0 Å². The molecular formula is C103H78BBr2O5. The second-order valence-corrected chi connectivity index (χ2v) is 33.9. The van der Waals surface area contributed by atoms with Gasteiger partial charge in [-0.05, 0) is 260 Å². The van der Waals surface area contributed by atoms with Gasteiger partial charge in [0.2, 0.25) is 0 Å². The standard InChI is InChI=1S/C60H42O2.C24H20Br2.C18H12BO3.CH4/c1-59(2)50-24-23-44-43-21-15-41(39-19-27-55-48(31-39)46-29-37(17-25-53(46)61-55)35-11-7-5-8-12-35)33-51(43)60(3,4)58(44)57(50)45-22-16-42(34-52(45)59)40-20-28-56-49(32-40)47-30-38(18-26-54(47)62-56)36-13-9-6-10-14-36;1-23(2)18-10-9-16-15-7-5-13(25)11-19(15)24(3,4)22(16)21(18)17-8-6-14(26)12-20(17)23;20-19-22-14-7-9-18-16(11-14)15-10-13(6-8-17(15)21-18)12-4-2-1-3-5-12;/h5-34H,1-4H3;5-12H,1-4H3;1-11,20H;1H4. The number of furan rings is 3. The van der Waals surface area contributed by atoms with E-state index in [0.29, 0.717) is 13.4 Å². The maximum Gasteiger partial charge on any atom is 0.569 e. The predicted molar refractivity (Wildman–Crippen MR) is 469 cm³/mol. The van der Waals surface area contributed by atoms with Crippen molar-refractivity contribution in [3.05, 3.63) is 351 Å². The van der Waals surface area contributed by atoms with Crippen LogP contribution in [-0.4, -0.2) is 12.7 Å². The van der Waals surface area contributed by atoms with E-state index in [1.54, 1.807) is 6.07 Å². The van der Waals surface area contributed by atoms with Crippen molar-refractivity contribution in [2.75, 3.05) is 0 Å². The summed E-state index contributed by atoms with van der Waals surface area (Å²) in [6.45, 7) is 19.1. The Kier molecular flexibility index (Phi) is 16.4. The lowest BCUT2D eigenvalue weighted by molar-refractivity contribution is 0.454. The quantitative estimate of drug-likeness (QED) is 0.161. The summed E-state index contributed by atoms with van der Waals surface area (Å²) in [6, 6.07) is 107. The van der Waals surface area contributed by atoms with E-state index in [1.807, 2.05) is 36.4 Å². The summed E-state index contributed by atoms with van der Waals surface area (Å²) in [5, 5.41) is 15.3. The van der Waals surface area contributed by atoms with Crippen LogP contribution in [0.2, 0.25) is 0 Å². The Bertz CT molecular complexity index is 6870. The number of hydrogen-bond donors (Lipinski definition) is 1. The topological polar surface area (TPSA) is 68.9 Å². The van der Waals surface area contributed by atoms with E-state index >= 15 is 0 Å². The van der Waals surface area contributed by atoms with Gasteiger partial charge in [-0.15, -0.1) is 0 Å². The molecule has 537 valence electrons. The zero-order valence-electron chi connectivity index (χ0n) is 62.2. The van der Waals surface area contributed by atoms with E-state index in [4.69, 9.17) is 22.9 Å². The van der Waals surface area contributed by atoms with Gasteiger partial charge in [-0.1, -0.05) is 277 Å². The van der Waals surface area contributed by atoms with Gasteiger partial charge in [0.25, 0.3) is 0 Å². The summed E-state index contributed by atoms with van der Waals surface area (Å²) in [4.78, 5) is 0. The molecule has 0 spiro atoms. The van der Waals surface area contributed by atoms with E-state index in [1.165, 1.54) is 134 Å². The molecule has 0 saturated heterocycles. The van der Waals surface area contributed by atoms with Crippen LogP contribution in [0, 0.1) is 0 Å². The van der Waals surface area contributed by atoms with Gasteiger partial charge in [0.1, 0.15) is 39.2 Å². The number of fused-ring (bicyclic) bond motifs is 23. The van der Waals surface area contributed by atoms with E-state index in [-0.39, 0.29) is 29.1 Å². The second kappa shape index (κ2) is 26.1. The van der Waals surface area contributed by atoms with Gasteiger partial charge in [-0.3, -0.25) is 0 Å². The first kappa shape index (κ1) is 69.9. The first-order valence-corrected chi connectivity index (χ1v) is 39.3. The lowest BCUT2D eigenvalue weighted by atomic mass is 9.77. The molecule has 0 amide bonds. The van der Waals surface area contributed by atoms with Gasteiger partial charge in [0.15, 0.2) is 0 Å². The van der Waals surface area contributed by atoms with Gasteiger partial charge in [-0.2, -0.15) is 0 Å². The first-order valence-electron chi connectivity index (χ1n) is 37.7. The highest BCUT2D eigenvalue weighted by Gasteiger charge is 2.47. The third-order valence-corrected chi connectivity index (χ3v) is 25.4. The summed E-state index contributed by atoms with van der Waals surface area (Å²) >= 11 is 7.34. The minimum atomic E-state index is -0.203. The van der Waals surface area contributed by atoms with Gasteiger partial charge in [0, 0.05) is 62.9 Å². The normalized spacial score (nSPS) is 14.3. The molecule has 0 fully saturated rings. The molecule has 15 aromatic carbocycles. The molecule has 0 aliphatic heterocycles. The van der Waals surface area contributed by atoms with Crippen molar-refractivity contribution in [3.8, 4) is 106 Å². The van der Waals surface area contributed by atoms with Gasteiger partial charge >= 0.3 is 7.69 Å². The molecule has 0 atom stereocenters. The molecule has 5 nitrogen and oxygen atoms in total. The monoisotopic (exact) mass is 1560 g/mol. The Morgan fingerprint density at radius 1 is 0.261 bits per heavy atom. The smallest absolute Gasteiger partial charge is 0.537 e. The average Bonchev–Trinajstić information content (AvgIpc) is 1.53. The Morgan fingerprint density at radius 2 is 0.541 bits per heavy atom. The molecule has 8 heteroatoms. The Labute approximate surface area is 664 Å². The fraction of sp³-hybridized carbons (Fsp3) is 0.126.